The number of nitrogens with one attached hydrogen (secondary N) is 1. The van der Waals surface area contributed by atoms with E-state index in [-0.39, 0.29) is 11.9 Å². The molecule has 1 aliphatic carbocycles. The van der Waals surface area contributed by atoms with Gasteiger partial charge in [0, 0.05) is 6.04 Å². The summed E-state index contributed by atoms with van der Waals surface area (Å²) < 4.78 is 19.0. The van der Waals surface area contributed by atoms with E-state index in [4.69, 9.17) is 4.74 Å². The summed E-state index contributed by atoms with van der Waals surface area (Å²) in [4.78, 5) is 0. The summed E-state index contributed by atoms with van der Waals surface area (Å²) in [5.74, 6) is 0.689. The maximum absolute atomic E-state index is 13.5. The quantitative estimate of drug-likeness (QED) is 0.815. The van der Waals surface area contributed by atoms with Crippen LogP contribution in [0.15, 0.2) is 31.0 Å². The molecule has 0 radical (unpaired) electrons. The van der Waals surface area contributed by atoms with Crippen LogP contribution in [0.1, 0.15) is 31.4 Å². The molecule has 17 heavy (non-hydrogen) atoms. The number of hydrogen-bond acceptors (Lipinski definition) is 2. The lowest BCUT2D eigenvalue weighted by atomic mass is 10.1. The van der Waals surface area contributed by atoms with E-state index in [0.29, 0.717) is 18.3 Å². The maximum Gasteiger partial charge on any atom is 0.165 e. The SMILES string of the molecule is C=CN[C@H](C)c1ccc(F)c(OCC2CC2)c1. The van der Waals surface area contributed by atoms with Crippen LogP contribution < -0.4 is 10.1 Å². The van der Waals surface area contributed by atoms with Crippen LogP contribution in [0, 0.1) is 11.7 Å². The van der Waals surface area contributed by atoms with Gasteiger partial charge in [-0.25, -0.2) is 4.39 Å². The minimum atomic E-state index is -0.291. The Morgan fingerprint density at radius 1 is 1.59 bits per heavy atom. The summed E-state index contributed by atoms with van der Waals surface area (Å²) in [6.07, 6.45) is 4.05. The molecule has 0 aromatic heterocycles. The molecule has 0 aliphatic heterocycles. The Morgan fingerprint density at radius 3 is 3.00 bits per heavy atom. The van der Waals surface area contributed by atoms with E-state index in [1.54, 1.807) is 18.3 Å². The highest BCUT2D eigenvalue weighted by Gasteiger charge is 2.22. The smallest absolute Gasteiger partial charge is 0.165 e. The van der Waals surface area contributed by atoms with Gasteiger partial charge in [0.1, 0.15) is 0 Å². The van der Waals surface area contributed by atoms with E-state index >= 15 is 0 Å². The van der Waals surface area contributed by atoms with E-state index in [9.17, 15) is 4.39 Å². The van der Waals surface area contributed by atoms with Crippen LogP contribution in [0.5, 0.6) is 5.75 Å². The van der Waals surface area contributed by atoms with Crippen molar-refractivity contribution in [1.29, 1.82) is 0 Å². The zero-order chi connectivity index (χ0) is 12.3. The lowest BCUT2D eigenvalue weighted by Crippen LogP contribution is -2.11. The van der Waals surface area contributed by atoms with Gasteiger partial charge in [-0.1, -0.05) is 12.6 Å². The molecular formula is C14H18FNO. The average Bonchev–Trinajstić information content (AvgIpc) is 3.12. The third-order valence-corrected chi connectivity index (χ3v) is 2.99. The number of rotatable bonds is 6. The standard InChI is InChI=1S/C14H18FNO/c1-3-16-10(2)12-6-7-13(15)14(8-12)17-9-11-4-5-11/h3,6-8,10-11,16H,1,4-5,9H2,2H3/t10-/m1/s1. The summed E-state index contributed by atoms with van der Waals surface area (Å²) in [5.41, 5.74) is 0.997. The van der Waals surface area contributed by atoms with Gasteiger partial charge in [0.05, 0.1) is 6.61 Å². The van der Waals surface area contributed by atoms with Crippen molar-refractivity contribution in [2.24, 2.45) is 5.92 Å². The topological polar surface area (TPSA) is 21.3 Å². The van der Waals surface area contributed by atoms with Gasteiger partial charge in [-0.2, -0.15) is 0 Å². The van der Waals surface area contributed by atoms with Gasteiger partial charge < -0.3 is 10.1 Å². The van der Waals surface area contributed by atoms with Crippen molar-refractivity contribution < 1.29 is 9.13 Å². The highest BCUT2D eigenvalue weighted by atomic mass is 19.1. The normalized spacial score (nSPS) is 16.4. The van der Waals surface area contributed by atoms with Crippen molar-refractivity contribution >= 4 is 0 Å². The van der Waals surface area contributed by atoms with E-state index < -0.39 is 0 Å². The molecule has 0 amide bonds. The molecule has 1 aromatic rings. The molecule has 2 nitrogen and oxygen atoms in total. The van der Waals surface area contributed by atoms with E-state index in [1.807, 2.05) is 6.92 Å². The second kappa shape index (κ2) is 5.21. The highest BCUT2D eigenvalue weighted by Crippen LogP contribution is 2.30. The van der Waals surface area contributed by atoms with Crippen molar-refractivity contribution in [1.82, 2.24) is 5.32 Å². The molecule has 1 aliphatic rings. The first-order valence-corrected chi connectivity index (χ1v) is 6.00. The minimum absolute atomic E-state index is 0.108. The number of halogens is 1. The molecule has 1 fully saturated rings. The molecule has 1 saturated carbocycles. The molecule has 2 rings (SSSR count). The van der Waals surface area contributed by atoms with Crippen molar-refractivity contribution in [3.8, 4) is 5.75 Å². The Kier molecular flexibility index (Phi) is 3.67. The van der Waals surface area contributed by atoms with Crippen LogP contribution in [0.25, 0.3) is 0 Å². The molecule has 1 atom stereocenters. The molecule has 0 unspecified atom stereocenters. The fraction of sp³-hybridized carbons (Fsp3) is 0.429. The molecule has 0 spiro atoms. The number of benzene rings is 1. The van der Waals surface area contributed by atoms with Crippen LogP contribution >= 0.6 is 0 Å². The molecule has 3 heteroatoms. The van der Waals surface area contributed by atoms with Crippen LogP contribution in [-0.4, -0.2) is 6.61 Å². The predicted octanol–water partition coefficient (Wildman–Crippen LogP) is 3.41. The van der Waals surface area contributed by atoms with Crippen molar-refractivity contribution in [2.45, 2.75) is 25.8 Å². The second-order valence-electron chi connectivity index (χ2n) is 4.54. The van der Waals surface area contributed by atoms with E-state index in [1.165, 1.54) is 18.9 Å². The monoisotopic (exact) mass is 235 g/mol. The fourth-order valence-corrected chi connectivity index (χ4v) is 1.67. The summed E-state index contributed by atoms with van der Waals surface area (Å²) in [6, 6.07) is 5.09. The van der Waals surface area contributed by atoms with Gasteiger partial charge in [-0.3, -0.25) is 0 Å². The first-order valence-electron chi connectivity index (χ1n) is 6.00. The van der Waals surface area contributed by atoms with Gasteiger partial charge in [0.15, 0.2) is 11.6 Å². The third kappa shape index (κ3) is 3.22. The van der Waals surface area contributed by atoms with Gasteiger partial charge in [0.25, 0.3) is 0 Å². The molecule has 1 aromatic carbocycles. The fourth-order valence-electron chi connectivity index (χ4n) is 1.67. The summed E-state index contributed by atoms with van der Waals surface area (Å²) >= 11 is 0. The van der Waals surface area contributed by atoms with Crippen LogP contribution in [0.4, 0.5) is 4.39 Å². The Labute approximate surface area is 101 Å². The summed E-state index contributed by atoms with van der Waals surface area (Å²) in [6.45, 7) is 6.25. The largest absolute Gasteiger partial charge is 0.490 e. The number of hydrogen-bond donors (Lipinski definition) is 1. The van der Waals surface area contributed by atoms with E-state index in [0.717, 1.165) is 5.56 Å². The lowest BCUT2D eigenvalue weighted by molar-refractivity contribution is 0.285. The Bertz CT molecular complexity index is 401. The zero-order valence-electron chi connectivity index (χ0n) is 10.1. The van der Waals surface area contributed by atoms with Crippen LogP contribution in [-0.2, 0) is 0 Å². The molecule has 0 bridgehead atoms. The predicted molar refractivity (Wildman–Crippen MR) is 66.4 cm³/mol. The number of ether oxygens (including phenoxy) is 1. The summed E-state index contributed by atoms with van der Waals surface area (Å²) in [5, 5.41) is 3.07. The van der Waals surface area contributed by atoms with Crippen molar-refractivity contribution in [3.63, 3.8) is 0 Å². The van der Waals surface area contributed by atoms with Crippen LogP contribution in [0.3, 0.4) is 0 Å². The van der Waals surface area contributed by atoms with E-state index in [2.05, 4.69) is 11.9 Å². The first kappa shape index (κ1) is 12.0. The highest BCUT2D eigenvalue weighted by molar-refractivity contribution is 5.32. The molecule has 92 valence electrons. The molecular weight excluding hydrogens is 217 g/mol. The second-order valence-corrected chi connectivity index (χ2v) is 4.54. The lowest BCUT2D eigenvalue weighted by Gasteiger charge is -2.14. The Hall–Kier alpha value is -1.51. The van der Waals surface area contributed by atoms with Gasteiger partial charge >= 0.3 is 0 Å². The average molecular weight is 235 g/mol. The van der Waals surface area contributed by atoms with Crippen molar-refractivity contribution in [3.05, 3.63) is 42.4 Å². The molecule has 0 heterocycles. The molecule has 1 N–H and O–H groups in total. The van der Waals surface area contributed by atoms with Gasteiger partial charge in [-0.15, -0.1) is 0 Å². The molecule has 0 saturated heterocycles. The Balaban J connectivity index is 2.06. The minimum Gasteiger partial charge on any atom is -0.490 e. The van der Waals surface area contributed by atoms with Gasteiger partial charge in [0.2, 0.25) is 0 Å². The summed E-state index contributed by atoms with van der Waals surface area (Å²) in [7, 11) is 0. The van der Waals surface area contributed by atoms with Gasteiger partial charge in [-0.05, 0) is 49.6 Å². The third-order valence-electron chi connectivity index (χ3n) is 2.99. The van der Waals surface area contributed by atoms with Crippen molar-refractivity contribution in [2.75, 3.05) is 6.61 Å². The first-order chi connectivity index (χ1) is 8.20. The van der Waals surface area contributed by atoms with Crippen LogP contribution in [0.2, 0.25) is 0 Å². The Morgan fingerprint density at radius 2 is 2.35 bits per heavy atom. The maximum atomic E-state index is 13.5. The zero-order valence-corrected chi connectivity index (χ0v) is 10.1.